The van der Waals surface area contributed by atoms with Crippen LogP contribution in [0.4, 0.5) is 5.69 Å². The molecule has 0 aliphatic carbocycles. The van der Waals surface area contributed by atoms with Gasteiger partial charge in [-0.3, -0.25) is 10.1 Å². The van der Waals surface area contributed by atoms with Crippen LogP contribution in [0.1, 0.15) is 19.1 Å². The molecule has 1 aromatic carbocycles. The van der Waals surface area contributed by atoms with Crippen LogP contribution in [0.3, 0.4) is 0 Å². The van der Waals surface area contributed by atoms with Gasteiger partial charge in [0, 0.05) is 18.3 Å². The molecule has 1 amide bonds. The lowest BCUT2D eigenvalue weighted by Gasteiger charge is -2.09. The molecule has 0 radical (unpaired) electrons. The van der Waals surface area contributed by atoms with Crippen LogP contribution in [-0.4, -0.2) is 26.0 Å². The van der Waals surface area contributed by atoms with Gasteiger partial charge in [0.05, 0.1) is 11.2 Å². The third-order valence-corrected chi connectivity index (χ3v) is 4.82. The fraction of sp³-hybridized carbons (Fsp3) is 0.176. The number of hydrogen-bond acceptors (Lipinski definition) is 5. The molecule has 0 aliphatic heterocycles. The Morgan fingerprint density at radius 3 is 2.58 bits per heavy atom. The fourth-order valence-electron chi connectivity index (χ4n) is 1.90. The summed E-state index contributed by atoms with van der Waals surface area (Å²) in [5, 5.41) is 5.40. The van der Waals surface area contributed by atoms with Crippen LogP contribution in [0, 0.1) is 0 Å². The molecule has 0 saturated heterocycles. The van der Waals surface area contributed by atoms with Gasteiger partial charge in [-0.25, -0.2) is 13.1 Å². The third-order valence-electron chi connectivity index (χ3n) is 3.14. The number of benzene rings is 1. The van der Waals surface area contributed by atoms with Crippen LogP contribution >= 0.6 is 12.2 Å². The van der Waals surface area contributed by atoms with E-state index in [4.69, 9.17) is 16.6 Å². The third kappa shape index (κ3) is 6.10. The van der Waals surface area contributed by atoms with Gasteiger partial charge in [-0.1, -0.05) is 6.92 Å². The number of rotatable bonds is 7. The minimum Gasteiger partial charge on any atom is -0.465 e. The number of hydrogen-bond donors (Lipinski definition) is 3. The summed E-state index contributed by atoms with van der Waals surface area (Å²) in [4.78, 5) is 11.9. The Hall–Kier alpha value is -2.49. The first-order valence-electron chi connectivity index (χ1n) is 7.84. The van der Waals surface area contributed by atoms with Crippen molar-refractivity contribution < 1.29 is 17.6 Å². The highest BCUT2D eigenvalue weighted by molar-refractivity contribution is 7.89. The van der Waals surface area contributed by atoms with Gasteiger partial charge >= 0.3 is 0 Å². The molecular weight excluding hydrogens is 374 g/mol. The van der Waals surface area contributed by atoms with E-state index in [1.807, 2.05) is 6.92 Å². The molecule has 0 saturated carbocycles. The van der Waals surface area contributed by atoms with Gasteiger partial charge < -0.3 is 9.73 Å². The maximum atomic E-state index is 12.0. The number of thiocarbonyl (C=S) groups is 1. The van der Waals surface area contributed by atoms with E-state index in [9.17, 15) is 13.2 Å². The Bertz CT molecular complexity index is 873. The summed E-state index contributed by atoms with van der Waals surface area (Å²) in [5.41, 5.74) is 0.555. The second kappa shape index (κ2) is 9.27. The normalized spacial score (nSPS) is 11.4. The molecule has 0 fully saturated rings. The number of nitrogens with one attached hydrogen (secondary N) is 3. The first kappa shape index (κ1) is 19.8. The molecule has 1 heterocycles. The number of sulfonamides is 1. The summed E-state index contributed by atoms with van der Waals surface area (Å²) in [6.07, 6.45) is 5.02. The van der Waals surface area contributed by atoms with Gasteiger partial charge in [0.2, 0.25) is 15.9 Å². The lowest BCUT2D eigenvalue weighted by Crippen LogP contribution is -2.32. The van der Waals surface area contributed by atoms with Crippen molar-refractivity contribution in [2.24, 2.45) is 0 Å². The average Bonchev–Trinajstić information content (AvgIpc) is 3.12. The molecule has 138 valence electrons. The standard InChI is InChI=1S/C17H19N3O4S2/c1-2-11-18-26(22,23)15-8-5-13(6-9-15)19-17(25)20-16(21)10-7-14-4-3-12-24-14/h3-10,12,18H,2,11H2,1H3,(H2,19,20,21,25). The highest BCUT2D eigenvalue weighted by Gasteiger charge is 2.12. The second-order valence-electron chi connectivity index (χ2n) is 5.21. The van der Waals surface area contributed by atoms with E-state index in [1.165, 1.54) is 30.5 Å². The molecule has 0 unspecified atom stereocenters. The summed E-state index contributed by atoms with van der Waals surface area (Å²) in [7, 11) is -3.51. The molecular formula is C17H19N3O4S2. The number of carbonyl (C=O) groups excluding carboxylic acids is 1. The van der Waals surface area contributed by atoms with E-state index < -0.39 is 15.9 Å². The van der Waals surface area contributed by atoms with Crippen molar-refractivity contribution in [3.05, 3.63) is 54.5 Å². The summed E-state index contributed by atoms with van der Waals surface area (Å²) in [5.74, 6) is 0.134. The first-order valence-corrected chi connectivity index (χ1v) is 9.73. The lowest BCUT2D eigenvalue weighted by molar-refractivity contribution is -0.115. The first-order chi connectivity index (χ1) is 12.4. The van der Waals surface area contributed by atoms with Gasteiger partial charge in [-0.15, -0.1) is 0 Å². The Labute approximate surface area is 157 Å². The Balaban J connectivity index is 1.90. The molecule has 26 heavy (non-hydrogen) atoms. The number of anilines is 1. The van der Waals surface area contributed by atoms with E-state index in [0.717, 1.165) is 0 Å². The summed E-state index contributed by atoms with van der Waals surface area (Å²) in [6.45, 7) is 2.26. The quantitative estimate of drug-likeness (QED) is 0.494. The number of amides is 1. The van der Waals surface area contributed by atoms with Crippen LogP contribution in [0.2, 0.25) is 0 Å². The van der Waals surface area contributed by atoms with E-state index >= 15 is 0 Å². The highest BCUT2D eigenvalue weighted by atomic mass is 32.2. The van der Waals surface area contributed by atoms with Crippen molar-refractivity contribution >= 4 is 45.0 Å². The predicted molar refractivity (Wildman–Crippen MR) is 104 cm³/mol. The largest absolute Gasteiger partial charge is 0.465 e. The van der Waals surface area contributed by atoms with Crippen molar-refractivity contribution in [2.45, 2.75) is 18.2 Å². The molecule has 9 heteroatoms. The molecule has 2 rings (SSSR count). The fourth-order valence-corrected chi connectivity index (χ4v) is 3.25. The van der Waals surface area contributed by atoms with Crippen molar-refractivity contribution in [3.63, 3.8) is 0 Å². The summed E-state index contributed by atoms with van der Waals surface area (Å²) < 4.78 is 31.6. The average molecular weight is 393 g/mol. The van der Waals surface area contributed by atoms with Crippen molar-refractivity contribution in [1.82, 2.24) is 10.0 Å². The van der Waals surface area contributed by atoms with Gasteiger partial charge in [0.25, 0.3) is 0 Å². The SMILES string of the molecule is CCCNS(=O)(=O)c1ccc(NC(=S)NC(=O)C=Cc2ccco2)cc1. The van der Waals surface area contributed by atoms with Gasteiger partial charge in [0.15, 0.2) is 5.11 Å². The topological polar surface area (TPSA) is 100 Å². The molecule has 7 nitrogen and oxygen atoms in total. The molecule has 0 atom stereocenters. The Kier molecular flexibility index (Phi) is 7.07. The van der Waals surface area contributed by atoms with Gasteiger partial charge in [0.1, 0.15) is 5.76 Å². The molecule has 2 aromatic rings. The summed E-state index contributed by atoms with van der Waals surface area (Å²) in [6, 6.07) is 9.48. The van der Waals surface area contributed by atoms with Gasteiger partial charge in [-0.2, -0.15) is 0 Å². The van der Waals surface area contributed by atoms with Gasteiger partial charge in [-0.05, 0) is 61.1 Å². The minimum atomic E-state index is -3.51. The van der Waals surface area contributed by atoms with E-state index in [0.29, 0.717) is 24.4 Å². The smallest absolute Gasteiger partial charge is 0.250 e. The highest BCUT2D eigenvalue weighted by Crippen LogP contribution is 2.14. The predicted octanol–water partition coefficient (Wildman–Crippen LogP) is 2.49. The maximum absolute atomic E-state index is 12.0. The molecule has 1 aromatic heterocycles. The van der Waals surface area contributed by atoms with Crippen LogP contribution in [0.5, 0.6) is 0 Å². The second-order valence-corrected chi connectivity index (χ2v) is 7.39. The molecule has 3 N–H and O–H groups in total. The minimum absolute atomic E-state index is 0.0961. The monoisotopic (exact) mass is 393 g/mol. The Morgan fingerprint density at radius 1 is 1.23 bits per heavy atom. The summed E-state index contributed by atoms with van der Waals surface area (Å²) >= 11 is 5.06. The van der Waals surface area contributed by atoms with Crippen molar-refractivity contribution in [2.75, 3.05) is 11.9 Å². The van der Waals surface area contributed by atoms with E-state index in [2.05, 4.69) is 15.4 Å². The Morgan fingerprint density at radius 2 is 1.96 bits per heavy atom. The van der Waals surface area contributed by atoms with Crippen LogP contribution in [-0.2, 0) is 14.8 Å². The van der Waals surface area contributed by atoms with E-state index in [-0.39, 0.29) is 10.0 Å². The zero-order chi connectivity index (χ0) is 19.0. The molecule has 0 spiro atoms. The van der Waals surface area contributed by atoms with Crippen molar-refractivity contribution in [3.8, 4) is 0 Å². The lowest BCUT2D eigenvalue weighted by atomic mass is 10.3. The number of carbonyl (C=O) groups is 1. The van der Waals surface area contributed by atoms with E-state index in [1.54, 1.807) is 24.3 Å². The zero-order valence-corrected chi connectivity index (χ0v) is 15.7. The number of furan rings is 1. The zero-order valence-electron chi connectivity index (χ0n) is 14.1. The van der Waals surface area contributed by atoms with Crippen LogP contribution in [0.15, 0.2) is 58.1 Å². The van der Waals surface area contributed by atoms with Crippen molar-refractivity contribution in [1.29, 1.82) is 0 Å². The van der Waals surface area contributed by atoms with Crippen LogP contribution in [0.25, 0.3) is 6.08 Å². The van der Waals surface area contributed by atoms with Crippen LogP contribution < -0.4 is 15.4 Å². The molecule has 0 bridgehead atoms. The maximum Gasteiger partial charge on any atom is 0.250 e. The molecule has 0 aliphatic rings.